The van der Waals surface area contributed by atoms with Gasteiger partial charge < -0.3 is 13.9 Å². The molecule has 4 atom stereocenters. The molecule has 4 unspecified atom stereocenters. The van der Waals surface area contributed by atoms with E-state index in [1.807, 2.05) is 24.3 Å². The van der Waals surface area contributed by atoms with Crippen molar-refractivity contribution >= 4 is 11.9 Å². The van der Waals surface area contributed by atoms with Gasteiger partial charge in [0.2, 0.25) is 0 Å². The maximum atomic E-state index is 12.7. The van der Waals surface area contributed by atoms with Gasteiger partial charge in [-0.2, -0.15) is 0 Å². The van der Waals surface area contributed by atoms with Gasteiger partial charge in [-0.05, 0) is 18.9 Å². The van der Waals surface area contributed by atoms with Crippen LogP contribution in [-0.4, -0.2) is 18.5 Å². The fourth-order valence-corrected chi connectivity index (χ4v) is 5.11. The van der Waals surface area contributed by atoms with Crippen LogP contribution in [0.15, 0.2) is 58.5 Å². The van der Waals surface area contributed by atoms with Gasteiger partial charge in [-0.25, -0.2) is 9.59 Å². The molecule has 1 spiro atoms. The summed E-state index contributed by atoms with van der Waals surface area (Å²) in [6.45, 7) is 2.48. The molecule has 5 heteroatoms. The number of ether oxygens (including phenoxy) is 2. The largest absolute Gasteiger partial charge is 0.472 e. The molecule has 1 aromatic rings. The van der Waals surface area contributed by atoms with Crippen LogP contribution in [-0.2, 0) is 19.1 Å². The highest BCUT2D eigenvalue weighted by Crippen LogP contribution is 2.63. The Morgan fingerprint density at radius 3 is 2.88 bits per heavy atom. The first-order valence-electron chi connectivity index (χ1n) is 8.54. The second-order valence-electron chi connectivity index (χ2n) is 7.57. The molecule has 0 N–H and O–H groups in total. The van der Waals surface area contributed by atoms with Gasteiger partial charge in [0.25, 0.3) is 0 Å². The van der Waals surface area contributed by atoms with E-state index in [0.717, 1.165) is 11.1 Å². The summed E-state index contributed by atoms with van der Waals surface area (Å²) >= 11 is 0. The molecule has 4 aliphatic rings. The van der Waals surface area contributed by atoms with Gasteiger partial charge in [-0.15, -0.1) is 0 Å². The maximum Gasteiger partial charge on any atom is 0.334 e. The highest BCUT2D eigenvalue weighted by molar-refractivity contribution is 5.95. The van der Waals surface area contributed by atoms with E-state index in [9.17, 15) is 9.59 Å². The molecule has 128 valence electrons. The molecule has 2 fully saturated rings. The number of cyclic esters (lactones) is 2. The Morgan fingerprint density at radius 2 is 2.08 bits per heavy atom. The third kappa shape index (κ3) is 1.78. The van der Waals surface area contributed by atoms with Crippen molar-refractivity contribution in [3.05, 3.63) is 59.6 Å². The topological polar surface area (TPSA) is 65.7 Å². The summed E-state index contributed by atoms with van der Waals surface area (Å²) < 4.78 is 16.2. The Hall–Kier alpha value is -2.56. The zero-order chi connectivity index (χ0) is 17.2. The summed E-state index contributed by atoms with van der Waals surface area (Å²) in [5, 5.41) is 0. The van der Waals surface area contributed by atoms with Gasteiger partial charge in [0.1, 0.15) is 12.7 Å². The molecule has 0 bridgehead atoms. The first-order chi connectivity index (χ1) is 12.0. The molecule has 0 saturated carbocycles. The zero-order valence-corrected chi connectivity index (χ0v) is 13.9. The Kier molecular flexibility index (Phi) is 2.80. The first kappa shape index (κ1) is 14.8. The molecule has 2 aliphatic carbocycles. The number of fused-ring (bicyclic) bond motifs is 2. The number of hydrogen-bond acceptors (Lipinski definition) is 5. The van der Waals surface area contributed by atoms with Crippen molar-refractivity contribution < 1.29 is 23.5 Å². The number of furan rings is 1. The number of esters is 2. The minimum absolute atomic E-state index is 0.0219. The summed E-state index contributed by atoms with van der Waals surface area (Å²) in [7, 11) is 0. The summed E-state index contributed by atoms with van der Waals surface area (Å²) in [5.74, 6) is -0.488. The summed E-state index contributed by atoms with van der Waals surface area (Å²) in [4.78, 5) is 24.9. The van der Waals surface area contributed by atoms with E-state index in [0.29, 0.717) is 25.0 Å². The lowest BCUT2D eigenvalue weighted by atomic mass is 9.50. The van der Waals surface area contributed by atoms with E-state index in [4.69, 9.17) is 13.9 Å². The van der Waals surface area contributed by atoms with Gasteiger partial charge in [-0.3, -0.25) is 0 Å². The van der Waals surface area contributed by atoms with Gasteiger partial charge in [0, 0.05) is 33.5 Å². The Balaban J connectivity index is 1.62. The molecule has 0 radical (unpaired) electrons. The average molecular weight is 338 g/mol. The summed E-state index contributed by atoms with van der Waals surface area (Å²) in [6.07, 6.45) is 12.0. The molecule has 5 nitrogen and oxygen atoms in total. The normalized spacial score (nSPS) is 38.8. The second-order valence-corrected chi connectivity index (χ2v) is 7.57. The Bertz CT molecular complexity index is 859. The predicted molar refractivity (Wildman–Crippen MR) is 87.1 cm³/mol. The first-order valence-corrected chi connectivity index (χ1v) is 8.54. The average Bonchev–Trinajstić information content (AvgIpc) is 3.23. The Labute approximate surface area is 145 Å². The molecule has 25 heavy (non-hydrogen) atoms. The van der Waals surface area contributed by atoms with Crippen LogP contribution < -0.4 is 0 Å². The van der Waals surface area contributed by atoms with E-state index in [1.165, 1.54) is 0 Å². The molecule has 5 rings (SSSR count). The summed E-state index contributed by atoms with van der Waals surface area (Å²) in [6, 6.07) is 1.83. The van der Waals surface area contributed by atoms with E-state index < -0.39 is 5.41 Å². The monoisotopic (exact) mass is 338 g/mol. The van der Waals surface area contributed by atoms with Crippen molar-refractivity contribution in [2.24, 2.45) is 16.7 Å². The number of carbonyl (C=O) groups is 2. The van der Waals surface area contributed by atoms with Crippen molar-refractivity contribution in [2.75, 3.05) is 6.61 Å². The smallest absolute Gasteiger partial charge is 0.334 e. The third-order valence-corrected chi connectivity index (χ3v) is 6.34. The van der Waals surface area contributed by atoms with Crippen LogP contribution in [0.5, 0.6) is 0 Å². The molecule has 0 aromatic carbocycles. The van der Waals surface area contributed by atoms with E-state index in [-0.39, 0.29) is 29.4 Å². The highest BCUT2D eigenvalue weighted by Gasteiger charge is 2.61. The number of carbonyl (C=O) groups excluding carboxylic acids is 2. The van der Waals surface area contributed by atoms with Crippen LogP contribution in [0.3, 0.4) is 0 Å². The summed E-state index contributed by atoms with van der Waals surface area (Å²) in [5.41, 5.74) is 1.52. The van der Waals surface area contributed by atoms with Gasteiger partial charge >= 0.3 is 11.9 Å². The lowest BCUT2D eigenvalue weighted by Crippen LogP contribution is -2.51. The molecule has 3 heterocycles. The lowest BCUT2D eigenvalue weighted by Gasteiger charge is -2.53. The second kappa shape index (κ2) is 4.75. The number of allylic oxidation sites excluding steroid dienone is 4. The van der Waals surface area contributed by atoms with Crippen molar-refractivity contribution in [3.8, 4) is 0 Å². The van der Waals surface area contributed by atoms with Crippen LogP contribution >= 0.6 is 0 Å². The minimum Gasteiger partial charge on any atom is -0.472 e. The molecule has 1 aromatic heterocycles. The van der Waals surface area contributed by atoms with Crippen molar-refractivity contribution in [3.63, 3.8) is 0 Å². The van der Waals surface area contributed by atoms with Crippen molar-refractivity contribution in [2.45, 2.75) is 25.9 Å². The van der Waals surface area contributed by atoms with E-state index >= 15 is 0 Å². The lowest BCUT2D eigenvalue weighted by molar-refractivity contribution is -0.156. The van der Waals surface area contributed by atoms with E-state index in [1.54, 1.807) is 12.5 Å². The van der Waals surface area contributed by atoms with Crippen LogP contribution in [0.25, 0.3) is 0 Å². The molecule has 2 aliphatic heterocycles. The predicted octanol–water partition coefficient (Wildman–Crippen LogP) is 3.26. The quantitative estimate of drug-likeness (QED) is 0.735. The Morgan fingerprint density at radius 1 is 1.20 bits per heavy atom. The fraction of sp³-hybridized carbons (Fsp3) is 0.400. The van der Waals surface area contributed by atoms with Gasteiger partial charge in [0.05, 0.1) is 12.5 Å². The molecule has 2 saturated heterocycles. The minimum atomic E-state index is -0.417. The third-order valence-electron chi connectivity index (χ3n) is 6.34. The van der Waals surface area contributed by atoms with Crippen LogP contribution in [0.1, 0.15) is 31.4 Å². The number of hydrogen-bond donors (Lipinski definition) is 0. The maximum absolute atomic E-state index is 12.7. The SMILES string of the molecule is CC12CC(c3ccoc3)OC(=O)C1=CCC13COC(=O)C1=CC=CC23. The zero-order valence-electron chi connectivity index (χ0n) is 13.9. The van der Waals surface area contributed by atoms with Crippen LogP contribution in [0, 0.1) is 16.7 Å². The standard InChI is InChI=1S/C20H18O5/c1-19-9-15(12-6-8-23-10-12)25-18(22)13(19)5-7-20-11-24-17(21)14(20)3-2-4-16(19)20/h2-6,8,10,15-16H,7,9,11H2,1H3. The molecular formula is C20H18O5. The van der Waals surface area contributed by atoms with Crippen LogP contribution in [0.2, 0.25) is 0 Å². The fourth-order valence-electron chi connectivity index (χ4n) is 5.11. The van der Waals surface area contributed by atoms with Gasteiger partial charge in [-0.1, -0.05) is 31.2 Å². The van der Waals surface area contributed by atoms with Crippen LogP contribution in [0.4, 0.5) is 0 Å². The molecular weight excluding hydrogens is 320 g/mol. The van der Waals surface area contributed by atoms with Crippen molar-refractivity contribution in [1.82, 2.24) is 0 Å². The molecule has 0 amide bonds. The van der Waals surface area contributed by atoms with E-state index in [2.05, 4.69) is 13.0 Å². The highest BCUT2D eigenvalue weighted by atomic mass is 16.5. The van der Waals surface area contributed by atoms with Crippen molar-refractivity contribution in [1.29, 1.82) is 0 Å². The van der Waals surface area contributed by atoms with Gasteiger partial charge in [0.15, 0.2) is 0 Å². The number of rotatable bonds is 1.